The maximum atomic E-state index is 12.4. The molecule has 2 heterocycles. The number of likely N-dealkylation sites (N-methyl/N-ethyl adjacent to an activating group) is 1. The van der Waals surface area contributed by atoms with Gasteiger partial charge in [-0.2, -0.15) is 0 Å². The summed E-state index contributed by atoms with van der Waals surface area (Å²) in [5.74, 6) is 0.164. The quantitative estimate of drug-likeness (QED) is 0.745. The highest BCUT2D eigenvalue weighted by molar-refractivity contribution is 5.81. The molecule has 0 bridgehead atoms. The molecule has 2 aliphatic rings. The second kappa shape index (κ2) is 7.75. The zero-order valence-corrected chi connectivity index (χ0v) is 13.2. The van der Waals surface area contributed by atoms with Gasteiger partial charge in [0, 0.05) is 40.3 Å². The Bertz CT molecular complexity index is 365. The van der Waals surface area contributed by atoms with Crippen molar-refractivity contribution >= 4 is 11.8 Å². The lowest BCUT2D eigenvalue weighted by Crippen LogP contribution is -2.52. The first-order chi connectivity index (χ1) is 10.1. The number of hydrogen-bond acceptors (Lipinski definition) is 4. The summed E-state index contributed by atoms with van der Waals surface area (Å²) < 4.78 is 5.52. The van der Waals surface area contributed by atoms with Gasteiger partial charge in [0.15, 0.2) is 0 Å². The molecule has 120 valence electrons. The van der Waals surface area contributed by atoms with Crippen LogP contribution in [0.3, 0.4) is 0 Å². The van der Waals surface area contributed by atoms with Gasteiger partial charge in [-0.25, -0.2) is 0 Å². The lowest BCUT2D eigenvalue weighted by molar-refractivity contribution is -0.149. The van der Waals surface area contributed by atoms with Gasteiger partial charge in [-0.05, 0) is 12.8 Å². The summed E-state index contributed by atoms with van der Waals surface area (Å²) in [6, 6.07) is 0. The van der Waals surface area contributed by atoms with E-state index in [0.29, 0.717) is 19.7 Å². The van der Waals surface area contributed by atoms with Crippen molar-refractivity contribution in [1.82, 2.24) is 14.7 Å². The summed E-state index contributed by atoms with van der Waals surface area (Å²) in [6.45, 7) is 3.90. The summed E-state index contributed by atoms with van der Waals surface area (Å²) in [5, 5.41) is 0. The molecule has 0 aromatic rings. The average molecular weight is 297 g/mol. The first kappa shape index (κ1) is 16.2. The smallest absolute Gasteiger partial charge is 0.252 e. The minimum atomic E-state index is -0.439. The Labute approximate surface area is 127 Å². The molecule has 2 amide bonds. The van der Waals surface area contributed by atoms with E-state index in [1.807, 2.05) is 9.80 Å². The van der Waals surface area contributed by atoms with Crippen LogP contribution in [0.25, 0.3) is 0 Å². The molecule has 0 radical (unpaired) electrons. The van der Waals surface area contributed by atoms with Gasteiger partial charge >= 0.3 is 0 Å². The van der Waals surface area contributed by atoms with E-state index < -0.39 is 6.10 Å². The van der Waals surface area contributed by atoms with Crippen LogP contribution in [0.4, 0.5) is 0 Å². The van der Waals surface area contributed by atoms with E-state index in [9.17, 15) is 9.59 Å². The lowest BCUT2D eigenvalue weighted by Gasteiger charge is -2.34. The molecule has 2 rings (SSSR count). The van der Waals surface area contributed by atoms with Crippen molar-refractivity contribution in [3.63, 3.8) is 0 Å². The molecule has 0 saturated carbocycles. The van der Waals surface area contributed by atoms with Crippen molar-refractivity contribution in [2.24, 2.45) is 0 Å². The number of nitrogens with zero attached hydrogens (tertiary/aromatic N) is 3. The highest BCUT2D eigenvalue weighted by atomic mass is 16.5. The van der Waals surface area contributed by atoms with E-state index in [1.54, 1.807) is 19.0 Å². The molecule has 6 heteroatoms. The van der Waals surface area contributed by atoms with Gasteiger partial charge in [-0.1, -0.05) is 12.8 Å². The number of rotatable bonds is 3. The van der Waals surface area contributed by atoms with Gasteiger partial charge in [0.1, 0.15) is 6.10 Å². The summed E-state index contributed by atoms with van der Waals surface area (Å²) in [7, 11) is 3.46. The molecule has 1 atom stereocenters. The normalized spacial score (nSPS) is 24.5. The molecule has 6 nitrogen and oxygen atoms in total. The number of carbonyl (C=O) groups is 2. The minimum Gasteiger partial charge on any atom is -0.366 e. The number of carbonyl (C=O) groups excluding carboxylic acids is 2. The zero-order valence-electron chi connectivity index (χ0n) is 13.2. The highest BCUT2D eigenvalue weighted by Gasteiger charge is 2.29. The van der Waals surface area contributed by atoms with E-state index in [4.69, 9.17) is 4.74 Å². The summed E-state index contributed by atoms with van der Waals surface area (Å²) in [4.78, 5) is 29.9. The summed E-state index contributed by atoms with van der Waals surface area (Å²) >= 11 is 0. The molecule has 0 aromatic carbocycles. The highest BCUT2D eigenvalue weighted by Crippen LogP contribution is 2.12. The van der Waals surface area contributed by atoms with Crippen LogP contribution < -0.4 is 0 Å². The average Bonchev–Trinajstić information content (AvgIpc) is 2.75. The number of hydrogen-bond donors (Lipinski definition) is 0. The predicted octanol–water partition coefficient (Wildman–Crippen LogP) is 0.178. The number of amides is 2. The monoisotopic (exact) mass is 297 g/mol. The first-order valence-electron chi connectivity index (χ1n) is 7.91. The SMILES string of the molecule is CN(C)C(=O)[C@H]1CN(CC(=O)N2CCCCCC2)CCO1. The third-order valence-corrected chi connectivity index (χ3v) is 4.18. The molecule has 2 fully saturated rings. The molecule has 0 spiro atoms. The Morgan fingerprint density at radius 3 is 2.38 bits per heavy atom. The number of ether oxygens (including phenoxy) is 1. The maximum absolute atomic E-state index is 12.4. The number of morpholine rings is 1. The fraction of sp³-hybridized carbons (Fsp3) is 0.867. The second-order valence-corrected chi connectivity index (χ2v) is 6.12. The molecule has 0 N–H and O–H groups in total. The van der Waals surface area contributed by atoms with Crippen LogP contribution >= 0.6 is 0 Å². The molecule has 0 aromatic heterocycles. The van der Waals surface area contributed by atoms with E-state index in [0.717, 1.165) is 32.5 Å². The van der Waals surface area contributed by atoms with Crippen molar-refractivity contribution in [2.75, 3.05) is 53.4 Å². The number of likely N-dealkylation sites (tertiary alicyclic amines) is 1. The maximum Gasteiger partial charge on any atom is 0.252 e. The molecule has 2 saturated heterocycles. The molecule has 0 aliphatic carbocycles. The zero-order chi connectivity index (χ0) is 15.2. The Morgan fingerprint density at radius 1 is 1.10 bits per heavy atom. The summed E-state index contributed by atoms with van der Waals surface area (Å²) in [5.41, 5.74) is 0. The van der Waals surface area contributed by atoms with Crippen LogP contribution in [0.15, 0.2) is 0 Å². The van der Waals surface area contributed by atoms with Gasteiger partial charge in [0.2, 0.25) is 5.91 Å². The predicted molar refractivity (Wildman–Crippen MR) is 79.9 cm³/mol. The van der Waals surface area contributed by atoms with Crippen LogP contribution in [0, 0.1) is 0 Å². The lowest BCUT2D eigenvalue weighted by atomic mass is 10.2. The van der Waals surface area contributed by atoms with Crippen LogP contribution in [0.2, 0.25) is 0 Å². The van der Waals surface area contributed by atoms with Crippen LogP contribution in [0.1, 0.15) is 25.7 Å². The second-order valence-electron chi connectivity index (χ2n) is 6.12. The van der Waals surface area contributed by atoms with Gasteiger partial charge in [-0.15, -0.1) is 0 Å². The molecule has 0 unspecified atom stereocenters. The van der Waals surface area contributed by atoms with Gasteiger partial charge in [-0.3, -0.25) is 14.5 Å². The van der Waals surface area contributed by atoms with Crippen LogP contribution in [0.5, 0.6) is 0 Å². The van der Waals surface area contributed by atoms with Crippen molar-refractivity contribution in [3.8, 4) is 0 Å². The van der Waals surface area contributed by atoms with Gasteiger partial charge in [0.05, 0.1) is 13.2 Å². The van der Waals surface area contributed by atoms with Crippen LogP contribution in [-0.2, 0) is 14.3 Å². The minimum absolute atomic E-state index is 0.0260. The topological polar surface area (TPSA) is 53.1 Å². The Hall–Kier alpha value is -1.14. The molecule has 21 heavy (non-hydrogen) atoms. The Kier molecular flexibility index (Phi) is 5.99. The molecular formula is C15H27N3O3. The van der Waals surface area contributed by atoms with Crippen molar-refractivity contribution in [3.05, 3.63) is 0 Å². The van der Waals surface area contributed by atoms with E-state index in [1.165, 1.54) is 12.8 Å². The van der Waals surface area contributed by atoms with E-state index in [2.05, 4.69) is 0 Å². The Balaban J connectivity index is 1.84. The van der Waals surface area contributed by atoms with Crippen molar-refractivity contribution < 1.29 is 14.3 Å². The third-order valence-electron chi connectivity index (χ3n) is 4.18. The summed E-state index contributed by atoms with van der Waals surface area (Å²) in [6.07, 6.45) is 4.22. The molecular weight excluding hydrogens is 270 g/mol. The molecule has 2 aliphatic heterocycles. The van der Waals surface area contributed by atoms with Crippen LogP contribution in [-0.4, -0.2) is 86.0 Å². The fourth-order valence-electron chi connectivity index (χ4n) is 2.89. The van der Waals surface area contributed by atoms with Crippen molar-refractivity contribution in [1.29, 1.82) is 0 Å². The van der Waals surface area contributed by atoms with Gasteiger partial charge in [0.25, 0.3) is 5.91 Å². The van der Waals surface area contributed by atoms with Gasteiger partial charge < -0.3 is 14.5 Å². The first-order valence-corrected chi connectivity index (χ1v) is 7.91. The van der Waals surface area contributed by atoms with Crippen molar-refractivity contribution in [2.45, 2.75) is 31.8 Å². The standard InChI is InChI=1S/C15H27N3O3/c1-16(2)15(20)13-11-17(9-10-21-13)12-14(19)18-7-5-3-4-6-8-18/h13H,3-12H2,1-2H3/t13-/m1/s1. The fourth-order valence-corrected chi connectivity index (χ4v) is 2.89. The van der Waals surface area contributed by atoms with E-state index in [-0.39, 0.29) is 11.8 Å². The van der Waals surface area contributed by atoms with E-state index >= 15 is 0 Å². The Morgan fingerprint density at radius 2 is 1.76 bits per heavy atom. The largest absolute Gasteiger partial charge is 0.366 e. The third kappa shape index (κ3) is 4.68.